The maximum Gasteiger partial charge on any atom is 0.132 e. The number of benzene rings is 1. The number of anilines is 1. The predicted octanol–water partition coefficient (Wildman–Crippen LogP) is 4.41. The van der Waals surface area contributed by atoms with E-state index in [9.17, 15) is 0 Å². The summed E-state index contributed by atoms with van der Waals surface area (Å²) in [4.78, 5) is 4.18. The molecule has 1 aliphatic rings. The van der Waals surface area contributed by atoms with Crippen molar-refractivity contribution in [3.63, 3.8) is 0 Å². The third kappa shape index (κ3) is 3.13. The fraction of sp³-hybridized carbons (Fsp3) is 0.353. The number of hydrogen-bond acceptors (Lipinski definition) is 3. The van der Waals surface area contributed by atoms with E-state index in [2.05, 4.69) is 28.5 Å². The second kappa shape index (κ2) is 5.94. The Morgan fingerprint density at radius 1 is 1.24 bits per heavy atom. The van der Waals surface area contributed by atoms with Gasteiger partial charge in [0.25, 0.3) is 0 Å². The van der Waals surface area contributed by atoms with Gasteiger partial charge < -0.3 is 10.1 Å². The van der Waals surface area contributed by atoms with Crippen molar-refractivity contribution in [2.75, 3.05) is 12.4 Å². The molecule has 2 aromatic rings. The SMILES string of the molecule is COc1ccc(C2CC(Nc3cnc(Cl)c(C)c3)C2)cc1. The largest absolute Gasteiger partial charge is 0.497 e. The highest BCUT2D eigenvalue weighted by Gasteiger charge is 2.30. The van der Waals surface area contributed by atoms with Crippen LogP contribution in [0.4, 0.5) is 5.69 Å². The minimum Gasteiger partial charge on any atom is -0.497 e. The number of hydrogen-bond donors (Lipinski definition) is 1. The average molecular weight is 303 g/mol. The molecule has 1 aromatic heterocycles. The van der Waals surface area contributed by atoms with Crippen molar-refractivity contribution in [1.82, 2.24) is 4.98 Å². The minimum absolute atomic E-state index is 0.513. The molecule has 0 atom stereocenters. The van der Waals surface area contributed by atoms with E-state index in [1.54, 1.807) is 13.3 Å². The van der Waals surface area contributed by atoms with Crippen LogP contribution in [-0.4, -0.2) is 18.1 Å². The van der Waals surface area contributed by atoms with Gasteiger partial charge in [0.15, 0.2) is 0 Å². The smallest absolute Gasteiger partial charge is 0.132 e. The Balaban J connectivity index is 1.56. The highest BCUT2D eigenvalue weighted by molar-refractivity contribution is 6.30. The third-order valence-corrected chi connectivity index (χ3v) is 4.51. The number of aromatic nitrogens is 1. The van der Waals surface area contributed by atoms with Gasteiger partial charge in [0.2, 0.25) is 0 Å². The molecule has 1 aliphatic carbocycles. The summed E-state index contributed by atoms with van der Waals surface area (Å²) >= 11 is 5.94. The number of pyridine rings is 1. The van der Waals surface area contributed by atoms with Gasteiger partial charge in [-0.15, -0.1) is 0 Å². The van der Waals surface area contributed by atoms with Gasteiger partial charge in [-0.25, -0.2) is 4.98 Å². The van der Waals surface area contributed by atoms with Crippen LogP contribution in [0.2, 0.25) is 5.15 Å². The molecule has 1 saturated carbocycles. The van der Waals surface area contributed by atoms with E-state index in [0.29, 0.717) is 17.1 Å². The summed E-state index contributed by atoms with van der Waals surface area (Å²) in [5.41, 5.74) is 3.45. The molecule has 0 saturated heterocycles. The molecule has 1 fully saturated rings. The maximum atomic E-state index is 5.94. The number of halogens is 1. The van der Waals surface area contributed by atoms with Crippen molar-refractivity contribution in [3.8, 4) is 5.75 Å². The monoisotopic (exact) mass is 302 g/mol. The maximum absolute atomic E-state index is 5.94. The molecule has 4 heteroatoms. The summed E-state index contributed by atoms with van der Waals surface area (Å²) in [7, 11) is 1.69. The standard InChI is InChI=1S/C17H19ClN2O/c1-11-7-15(10-19-17(11)18)20-14-8-13(9-14)12-3-5-16(21-2)6-4-12/h3-7,10,13-14,20H,8-9H2,1-2H3. The first-order valence-corrected chi connectivity index (χ1v) is 7.56. The van der Waals surface area contributed by atoms with E-state index < -0.39 is 0 Å². The number of nitrogens with one attached hydrogen (secondary N) is 1. The van der Waals surface area contributed by atoms with Gasteiger partial charge in [0, 0.05) is 6.04 Å². The van der Waals surface area contributed by atoms with Gasteiger partial charge in [-0.05, 0) is 55.0 Å². The van der Waals surface area contributed by atoms with E-state index in [0.717, 1.165) is 29.8 Å². The number of methoxy groups -OCH3 is 1. The summed E-state index contributed by atoms with van der Waals surface area (Å²) in [6.45, 7) is 1.97. The topological polar surface area (TPSA) is 34.1 Å². The number of rotatable bonds is 4. The Morgan fingerprint density at radius 2 is 1.95 bits per heavy atom. The zero-order valence-electron chi connectivity index (χ0n) is 12.3. The Bertz CT molecular complexity index is 621. The van der Waals surface area contributed by atoms with Gasteiger partial charge in [-0.3, -0.25) is 0 Å². The zero-order valence-corrected chi connectivity index (χ0v) is 13.0. The van der Waals surface area contributed by atoms with Crippen molar-refractivity contribution in [2.45, 2.75) is 31.7 Å². The fourth-order valence-corrected chi connectivity index (χ4v) is 2.86. The van der Waals surface area contributed by atoms with Crippen molar-refractivity contribution in [2.24, 2.45) is 0 Å². The van der Waals surface area contributed by atoms with Gasteiger partial charge in [0.1, 0.15) is 10.9 Å². The van der Waals surface area contributed by atoms with Gasteiger partial charge in [0.05, 0.1) is 19.0 Å². The Hall–Kier alpha value is -1.74. The highest BCUT2D eigenvalue weighted by Crippen LogP contribution is 2.39. The molecule has 0 unspecified atom stereocenters. The quantitative estimate of drug-likeness (QED) is 0.849. The third-order valence-electron chi connectivity index (χ3n) is 4.11. The van der Waals surface area contributed by atoms with Crippen LogP contribution in [0.5, 0.6) is 5.75 Å². The lowest BCUT2D eigenvalue weighted by molar-refractivity contribution is 0.373. The first-order chi connectivity index (χ1) is 10.2. The van der Waals surface area contributed by atoms with Crippen LogP contribution in [0.3, 0.4) is 0 Å². The minimum atomic E-state index is 0.513. The van der Waals surface area contributed by atoms with E-state index in [1.807, 2.05) is 19.1 Å². The van der Waals surface area contributed by atoms with E-state index in [1.165, 1.54) is 5.56 Å². The Labute approximate surface area is 130 Å². The Morgan fingerprint density at radius 3 is 2.57 bits per heavy atom. The van der Waals surface area contributed by atoms with Crippen molar-refractivity contribution in [1.29, 1.82) is 0 Å². The summed E-state index contributed by atoms with van der Waals surface area (Å²) in [6.07, 6.45) is 4.10. The molecule has 21 heavy (non-hydrogen) atoms. The van der Waals surface area contributed by atoms with Crippen LogP contribution in [0.25, 0.3) is 0 Å². The van der Waals surface area contributed by atoms with Crippen LogP contribution in [-0.2, 0) is 0 Å². The highest BCUT2D eigenvalue weighted by atomic mass is 35.5. The van der Waals surface area contributed by atoms with Crippen LogP contribution in [0.15, 0.2) is 36.5 Å². The van der Waals surface area contributed by atoms with E-state index >= 15 is 0 Å². The van der Waals surface area contributed by atoms with Gasteiger partial charge >= 0.3 is 0 Å². The molecule has 0 amide bonds. The lowest BCUT2D eigenvalue weighted by atomic mass is 9.76. The van der Waals surface area contributed by atoms with E-state index in [-0.39, 0.29) is 0 Å². The molecule has 3 nitrogen and oxygen atoms in total. The molecule has 0 spiro atoms. The number of ether oxygens (including phenoxy) is 1. The number of nitrogens with zero attached hydrogens (tertiary/aromatic N) is 1. The van der Waals surface area contributed by atoms with Crippen molar-refractivity contribution in [3.05, 3.63) is 52.8 Å². The predicted molar refractivity (Wildman–Crippen MR) is 86.4 cm³/mol. The molecule has 3 rings (SSSR count). The number of aryl methyl sites for hydroxylation is 1. The van der Waals surface area contributed by atoms with Crippen LogP contribution in [0.1, 0.15) is 29.9 Å². The van der Waals surface area contributed by atoms with Crippen molar-refractivity contribution < 1.29 is 4.74 Å². The first kappa shape index (κ1) is 14.2. The van der Waals surface area contributed by atoms with Crippen LogP contribution in [0, 0.1) is 6.92 Å². The molecule has 0 aliphatic heterocycles. The molecular formula is C17H19ClN2O. The molecule has 1 N–H and O–H groups in total. The zero-order chi connectivity index (χ0) is 14.8. The molecular weight excluding hydrogens is 284 g/mol. The molecule has 110 valence electrons. The molecule has 1 aromatic carbocycles. The molecule has 0 bridgehead atoms. The van der Waals surface area contributed by atoms with Crippen LogP contribution < -0.4 is 10.1 Å². The van der Waals surface area contributed by atoms with Gasteiger partial charge in [-0.1, -0.05) is 23.7 Å². The fourth-order valence-electron chi connectivity index (χ4n) is 2.76. The van der Waals surface area contributed by atoms with E-state index in [4.69, 9.17) is 16.3 Å². The Kier molecular flexibility index (Phi) is 4.02. The summed E-state index contributed by atoms with van der Waals surface area (Å²) < 4.78 is 5.19. The second-order valence-corrected chi connectivity index (χ2v) is 5.97. The molecule has 1 heterocycles. The lowest BCUT2D eigenvalue weighted by Crippen LogP contribution is -2.34. The lowest BCUT2D eigenvalue weighted by Gasteiger charge is -2.37. The average Bonchev–Trinajstić information content (AvgIpc) is 2.46. The normalized spacial score (nSPS) is 20.7. The second-order valence-electron chi connectivity index (χ2n) is 5.61. The van der Waals surface area contributed by atoms with Crippen molar-refractivity contribution >= 4 is 17.3 Å². The summed E-state index contributed by atoms with van der Waals surface area (Å²) in [5.74, 6) is 1.55. The molecule has 0 radical (unpaired) electrons. The summed E-state index contributed by atoms with van der Waals surface area (Å²) in [6, 6.07) is 10.9. The van der Waals surface area contributed by atoms with Crippen LogP contribution >= 0.6 is 11.6 Å². The summed E-state index contributed by atoms with van der Waals surface area (Å²) in [5, 5.41) is 4.10. The van der Waals surface area contributed by atoms with Gasteiger partial charge in [-0.2, -0.15) is 0 Å². The first-order valence-electron chi connectivity index (χ1n) is 7.18.